The topological polar surface area (TPSA) is 35.8 Å². The van der Waals surface area contributed by atoms with Crippen LogP contribution in [0, 0.1) is 28.8 Å². The molecule has 0 aromatic heterocycles. The summed E-state index contributed by atoms with van der Waals surface area (Å²) in [4.78, 5) is 0. The predicted molar refractivity (Wildman–Crippen MR) is 60.8 cm³/mol. The number of halogens is 3. The van der Waals surface area contributed by atoms with Gasteiger partial charge in [-0.1, -0.05) is 6.07 Å². The largest absolute Gasteiger partial charge is 0.353 e. The lowest BCUT2D eigenvalue weighted by Gasteiger charge is -2.08. The zero-order valence-electron chi connectivity index (χ0n) is 9.05. The van der Waals surface area contributed by atoms with Crippen LogP contribution in [-0.4, -0.2) is 0 Å². The Morgan fingerprint density at radius 3 is 2.56 bits per heavy atom. The van der Waals surface area contributed by atoms with E-state index in [9.17, 15) is 13.2 Å². The van der Waals surface area contributed by atoms with Gasteiger partial charge in [0.2, 0.25) is 0 Å². The van der Waals surface area contributed by atoms with Crippen molar-refractivity contribution in [3.63, 3.8) is 0 Å². The number of nitriles is 1. The molecule has 2 aromatic carbocycles. The van der Waals surface area contributed by atoms with Crippen molar-refractivity contribution in [3.8, 4) is 6.07 Å². The number of hydrogen-bond acceptors (Lipinski definition) is 2. The van der Waals surface area contributed by atoms with Crippen molar-refractivity contribution in [2.24, 2.45) is 0 Å². The fraction of sp³-hybridized carbons (Fsp3) is 0. The van der Waals surface area contributed by atoms with E-state index in [2.05, 4.69) is 5.32 Å². The summed E-state index contributed by atoms with van der Waals surface area (Å²) in [5.41, 5.74) is 0.148. The van der Waals surface area contributed by atoms with Crippen LogP contribution in [0.2, 0.25) is 0 Å². The maximum atomic E-state index is 13.4. The molecule has 0 spiro atoms. The normalized spacial score (nSPS) is 9.89. The Balaban J connectivity index is 2.37. The van der Waals surface area contributed by atoms with E-state index in [0.29, 0.717) is 0 Å². The molecule has 0 fully saturated rings. The maximum absolute atomic E-state index is 13.4. The zero-order valence-corrected chi connectivity index (χ0v) is 9.05. The molecule has 0 unspecified atom stereocenters. The summed E-state index contributed by atoms with van der Waals surface area (Å²) >= 11 is 0. The second kappa shape index (κ2) is 4.80. The van der Waals surface area contributed by atoms with Gasteiger partial charge in [0.25, 0.3) is 0 Å². The van der Waals surface area contributed by atoms with E-state index in [-0.39, 0.29) is 16.9 Å². The predicted octanol–water partition coefficient (Wildman–Crippen LogP) is 3.72. The number of nitrogens with zero attached hydrogens (tertiary/aromatic N) is 1. The lowest BCUT2D eigenvalue weighted by Crippen LogP contribution is -1.97. The minimum Gasteiger partial charge on any atom is -0.353 e. The molecule has 0 saturated carbocycles. The van der Waals surface area contributed by atoms with E-state index >= 15 is 0 Å². The van der Waals surface area contributed by atoms with Crippen molar-refractivity contribution in [1.29, 1.82) is 5.26 Å². The fourth-order valence-corrected chi connectivity index (χ4v) is 1.48. The van der Waals surface area contributed by atoms with Gasteiger partial charge in [-0.15, -0.1) is 0 Å². The van der Waals surface area contributed by atoms with E-state index in [1.54, 1.807) is 6.07 Å². The van der Waals surface area contributed by atoms with Crippen LogP contribution in [0.1, 0.15) is 5.56 Å². The summed E-state index contributed by atoms with van der Waals surface area (Å²) in [6.45, 7) is 0. The Bertz CT molecular complexity index is 633. The molecule has 0 aliphatic rings. The molecule has 90 valence electrons. The molecule has 0 atom stereocenters. The maximum Gasteiger partial charge on any atom is 0.182 e. The Kier molecular flexibility index (Phi) is 3.20. The van der Waals surface area contributed by atoms with Gasteiger partial charge in [-0.2, -0.15) is 5.26 Å². The highest BCUT2D eigenvalue weighted by molar-refractivity contribution is 5.62. The number of anilines is 2. The first-order valence-corrected chi connectivity index (χ1v) is 5.02. The highest BCUT2D eigenvalue weighted by Gasteiger charge is 2.08. The van der Waals surface area contributed by atoms with Gasteiger partial charge in [-0.3, -0.25) is 0 Å². The molecule has 0 heterocycles. The standard InChI is InChI=1S/C13H7F3N2/c14-9-4-8(7-17)5-10(6-9)18-12-3-1-2-11(15)13(12)16/h1-6,18H. The van der Waals surface area contributed by atoms with Crippen LogP contribution < -0.4 is 5.32 Å². The van der Waals surface area contributed by atoms with E-state index in [1.165, 1.54) is 18.2 Å². The van der Waals surface area contributed by atoms with Crippen molar-refractivity contribution in [1.82, 2.24) is 0 Å². The molecule has 0 radical (unpaired) electrons. The van der Waals surface area contributed by atoms with Crippen LogP contribution in [0.4, 0.5) is 24.5 Å². The molecule has 2 nitrogen and oxygen atoms in total. The van der Waals surface area contributed by atoms with Gasteiger partial charge in [0, 0.05) is 5.69 Å². The monoisotopic (exact) mass is 248 g/mol. The molecule has 1 N–H and O–H groups in total. The Morgan fingerprint density at radius 2 is 1.83 bits per heavy atom. The third-order valence-corrected chi connectivity index (χ3v) is 2.26. The van der Waals surface area contributed by atoms with Gasteiger partial charge >= 0.3 is 0 Å². The van der Waals surface area contributed by atoms with Gasteiger partial charge in [0.1, 0.15) is 5.82 Å². The van der Waals surface area contributed by atoms with Crippen LogP contribution in [0.15, 0.2) is 36.4 Å². The number of rotatable bonds is 2. The smallest absolute Gasteiger partial charge is 0.182 e. The molecule has 18 heavy (non-hydrogen) atoms. The number of nitrogens with one attached hydrogen (secondary N) is 1. The van der Waals surface area contributed by atoms with Crippen LogP contribution in [-0.2, 0) is 0 Å². The summed E-state index contributed by atoms with van der Waals surface area (Å²) < 4.78 is 39.5. The highest BCUT2D eigenvalue weighted by Crippen LogP contribution is 2.23. The van der Waals surface area contributed by atoms with Gasteiger partial charge in [0.15, 0.2) is 11.6 Å². The quantitative estimate of drug-likeness (QED) is 0.879. The van der Waals surface area contributed by atoms with Crippen molar-refractivity contribution in [2.45, 2.75) is 0 Å². The van der Waals surface area contributed by atoms with E-state index in [1.807, 2.05) is 0 Å². The molecule has 5 heteroatoms. The van der Waals surface area contributed by atoms with Crippen molar-refractivity contribution < 1.29 is 13.2 Å². The minimum absolute atomic E-state index is 0.0920. The lowest BCUT2D eigenvalue weighted by molar-refractivity contribution is 0.512. The number of benzene rings is 2. The summed E-state index contributed by atoms with van der Waals surface area (Å²) in [6.07, 6.45) is 0. The molecule has 0 aliphatic heterocycles. The third-order valence-electron chi connectivity index (χ3n) is 2.26. The van der Waals surface area contributed by atoms with Gasteiger partial charge in [-0.05, 0) is 30.3 Å². The summed E-state index contributed by atoms with van der Waals surface area (Å²) in [5, 5.41) is 11.2. The Hall–Kier alpha value is -2.48. The van der Waals surface area contributed by atoms with Crippen molar-refractivity contribution in [3.05, 3.63) is 59.4 Å². The first-order valence-electron chi connectivity index (χ1n) is 5.02. The fourth-order valence-electron chi connectivity index (χ4n) is 1.48. The molecule has 2 aromatic rings. The molecule has 2 rings (SSSR count). The Morgan fingerprint density at radius 1 is 1.06 bits per heavy atom. The average molecular weight is 248 g/mol. The third kappa shape index (κ3) is 2.43. The summed E-state index contributed by atoms with van der Waals surface area (Å²) in [6, 6.07) is 8.87. The lowest BCUT2D eigenvalue weighted by atomic mass is 10.2. The van der Waals surface area contributed by atoms with E-state index in [4.69, 9.17) is 5.26 Å². The minimum atomic E-state index is -1.06. The SMILES string of the molecule is N#Cc1cc(F)cc(Nc2cccc(F)c2F)c1. The van der Waals surface area contributed by atoms with Crippen LogP contribution in [0.3, 0.4) is 0 Å². The molecular weight excluding hydrogens is 241 g/mol. The average Bonchev–Trinajstić information content (AvgIpc) is 2.34. The zero-order chi connectivity index (χ0) is 13.1. The molecular formula is C13H7F3N2. The van der Waals surface area contributed by atoms with Crippen LogP contribution in [0.5, 0.6) is 0 Å². The van der Waals surface area contributed by atoms with Crippen molar-refractivity contribution >= 4 is 11.4 Å². The molecule has 0 amide bonds. The van der Waals surface area contributed by atoms with Crippen molar-refractivity contribution in [2.75, 3.05) is 5.32 Å². The number of hydrogen-bond donors (Lipinski definition) is 1. The second-order valence-electron chi connectivity index (χ2n) is 3.57. The first-order chi connectivity index (χ1) is 8.60. The second-order valence-corrected chi connectivity index (χ2v) is 3.57. The first kappa shape index (κ1) is 12.0. The Labute approximate surface area is 101 Å². The van der Waals surface area contributed by atoms with Gasteiger partial charge in [0.05, 0.1) is 17.3 Å². The summed E-state index contributed by atoms with van der Waals surface area (Å²) in [7, 11) is 0. The molecule has 0 saturated heterocycles. The van der Waals surface area contributed by atoms with E-state index < -0.39 is 17.5 Å². The molecule has 0 bridgehead atoms. The molecule has 0 aliphatic carbocycles. The van der Waals surface area contributed by atoms with Crippen LogP contribution in [0.25, 0.3) is 0 Å². The van der Waals surface area contributed by atoms with Gasteiger partial charge in [-0.25, -0.2) is 13.2 Å². The summed E-state index contributed by atoms with van der Waals surface area (Å²) in [5.74, 6) is -2.69. The van der Waals surface area contributed by atoms with Gasteiger partial charge < -0.3 is 5.32 Å². The highest BCUT2D eigenvalue weighted by atomic mass is 19.2. The van der Waals surface area contributed by atoms with E-state index in [0.717, 1.165) is 18.2 Å². The van der Waals surface area contributed by atoms with Crippen LogP contribution >= 0.6 is 0 Å².